The summed E-state index contributed by atoms with van der Waals surface area (Å²) in [4.78, 5) is 30.5. The first kappa shape index (κ1) is 25.5. The number of thioether (sulfide) groups is 1. The maximum Gasteiger partial charge on any atom is 0.242 e. The Balaban J connectivity index is 1.78. The highest BCUT2D eigenvalue weighted by Gasteiger charge is 2.41. The van der Waals surface area contributed by atoms with Gasteiger partial charge in [0.1, 0.15) is 18.2 Å². The second-order valence-electron chi connectivity index (χ2n) is 10.8. The molecular formula is C29H33FN4O2S. The summed E-state index contributed by atoms with van der Waals surface area (Å²) in [5.74, 6) is 0.144. The Morgan fingerprint density at radius 2 is 1.76 bits per heavy atom. The zero-order chi connectivity index (χ0) is 26.3. The van der Waals surface area contributed by atoms with Crippen LogP contribution in [0.2, 0.25) is 0 Å². The summed E-state index contributed by atoms with van der Waals surface area (Å²) in [6, 6.07) is 14.6. The van der Waals surface area contributed by atoms with E-state index >= 15 is 4.39 Å². The minimum absolute atomic E-state index is 0.0580. The summed E-state index contributed by atoms with van der Waals surface area (Å²) in [5.41, 5.74) is 3.54. The van der Waals surface area contributed by atoms with Crippen molar-refractivity contribution in [3.8, 4) is 5.69 Å². The monoisotopic (exact) mass is 520 g/mol. The van der Waals surface area contributed by atoms with Crippen molar-refractivity contribution in [3.63, 3.8) is 0 Å². The number of nitrogens with zero attached hydrogens (tertiary/aromatic N) is 4. The van der Waals surface area contributed by atoms with E-state index in [1.165, 1.54) is 17.8 Å². The number of amides is 2. The fraction of sp³-hybridized carbons (Fsp3) is 0.414. The Kier molecular flexibility index (Phi) is 6.88. The summed E-state index contributed by atoms with van der Waals surface area (Å²) in [7, 11) is 0. The molecule has 6 nitrogen and oxygen atoms in total. The van der Waals surface area contributed by atoms with E-state index in [1.54, 1.807) is 21.7 Å². The number of carbonyl (C=O) groups is 2. The molecule has 1 atom stereocenters. The lowest BCUT2D eigenvalue weighted by molar-refractivity contribution is -0.130. The number of hydrogen-bond donors (Lipinski definition) is 0. The van der Waals surface area contributed by atoms with Crippen molar-refractivity contribution in [2.24, 2.45) is 0 Å². The number of para-hydroxylation sites is 1. The molecule has 194 valence electrons. The van der Waals surface area contributed by atoms with Crippen LogP contribution in [0.15, 0.2) is 48.5 Å². The zero-order valence-electron chi connectivity index (χ0n) is 21.8. The molecule has 2 aliphatic rings. The second kappa shape index (κ2) is 9.97. The molecule has 1 aromatic heterocycles. The molecule has 0 radical (unpaired) electrons. The molecule has 2 aromatic carbocycles. The Morgan fingerprint density at radius 1 is 1.08 bits per heavy atom. The number of carbonyl (C=O) groups excluding carboxylic acids is 2. The third kappa shape index (κ3) is 4.79. The third-order valence-electron chi connectivity index (χ3n) is 7.08. The Hall–Kier alpha value is -3.13. The molecule has 0 spiro atoms. The summed E-state index contributed by atoms with van der Waals surface area (Å²) < 4.78 is 17.0. The van der Waals surface area contributed by atoms with Crippen LogP contribution in [0.4, 0.5) is 10.2 Å². The maximum atomic E-state index is 15.2. The van der Waals surface area contributed by atoms with Crippen LogP contribution in [-0.2, 0) is 15.0 Å². The number of halogens is 1. The van der Waals surface area contributed by atoms with Gasteiger partial charge in [0.05, 0.1) is 22.4 Å². The highest BCUT2D eigenvalue weighted by molar-refractivity contribution is 8.00. The van der Waals surface area contributed by atoms with Crippen molar-refractivity contribution in [1.82, 2.24) is 14.7 Å². The topological polar surface area (TPSA) is 58.4 Å². The van der Waals surface area contributed by atoms with Crippen LogP contribution in [0.25, 0.3) is 5.69 Å². The van der Waals surface area contributed by atoms with Crippen LogP contribution in [0.5, 0.6) is 0 Å². The molecule has 0 bridgehead atoms. The van der Waals surface area contributed by atoms with E-state index in [0.717, 1.165) is 35.3 Å². The van der Waals surface area contributed by atoms with Gasteiger partial charge in [-0.3, -0.25) is 14.5 Å². The molecule has 2 aliphatic heterocycles. The summed E-state index contributed by atoms with van der Waals surface area (Å²) in [6.45, 7) is 9.60. The molecule has 5 rings (SSSR count). The number of anilines is 1. The number of likely N-dealkylation sites (tertiary alicyclic amines) is 1. The number of hydrogen-bond acceptors (Lipinski definition) is 4. The van der Waals surface area contributed by atoms with Gasteiger partial charge >= 0.3 is 0 Å². The lowest BCUT2D eigenvalue weighted by Crippen LogP contribution is -2.43. The quantitative estimate of drug-likeness (QED) is 0.462. The lowest BCUT2D eigenvalue weighted by atomic mass is 9.87. The summed E-state index contributed by atoms with van der Waals surface area (Å²) >= 11 is 1.40. The standard InChI is InChI=1S/C29H33FN4O2S/c1-19-11-5-8-14-22(19)34-28-25(27(31-34)29(2,3)4)26(20-12-6-7-13-21(20)30)37-18-24(36)33(28)17-23(35)32-15-9-10-16-32/h5-8,11-14,26H,9-10,15-18H2,1-4H3. The van der Waals surface area contributed by atoms with Gasteiger partial charge < -0.3 is 4.90 Å². The fourth-order valence-corrected chi connectivity index (χ4v) is 6.40. The first-order valence-electron chi connectivity index (χ1n) is 12.8. The van der Waals surface area contributed by atoms with E-state index in [2.05, 4.69) is 20.8 Å². The van der Waals surface area contributed by atoms with Crippen molar-refractivity contribution < 1.29 is 14.0 Å². The van der Waals surface area contributed by atoms with Crippen LogP contribution >= 0.6 is 11.8 Å². The van der Waals surface area contributed by atoms with Gasteiger partial charge in [0.2, 0.25) is 11.8 Å². The number of benzene rings is 2. The van der Waals surface area contributed by atoms with Crippen molar-refractivity contribution in [2.45, 2.75) is 51.2 Å². The largest absolute Gasteiger partial charge is 0.341 e. The van der Waals surface area contributed by atoms with Crippen LogP contribution in [-0.4, -0.2) is 51.9 Å². The summed E-state index contributed by atoms with van der Waals surface area (Å²) in [6.07, 6.45) is 1.96. The van der Waals surface area contributed by atoms with E-state index in [1.807, 2.05) is 42.2 Å². The SMILES string of the molecule is Cc1ccccc1-n1nc(C(C)(C)C)c2c1N(CC(=O)N1CCCC1)C(=O)CSC2c1ccccc1F. The van der Waals surface area contributed by atoms with Crippen LogP contribution in [0, 0.1) is 12.7 Å². The van der Waals surface area contributed by atoms with E-state index in [9.17, 15) is 9.59 Å². The molecule has 1 unspecified atom stereocenters. The molecule has 0 N–H and O–H groups in total. The summed E-state index contributed by atoms with van der Waals surface area (Å²) in [5, 5.41) is 4.65. The Morgan fingerprint density at radius 3 is 2.43 bits per heavy atom. The molecule has 3 aromatic rings. The molecule has 37 heavy (non-hydrogen) atoms. The van der Waals surface area contributed by atoms with Gasteiger partial charge in [-0.15, -0.1) is 11.8 Å². The van der Waals surface area contributed by atoms with Gasteiger partial charge in [0, 0.05) is 29.6 Å². The van der Waals surface area contributed by atoms with Crippen molar-refractivity contribution >= 4 is 29.4 Å². The molecule has 3 heterocycles. The predicted octanol–water partition coefficient (Wildman–Crippen LogP) is 5.41. The van der Waals surface area contributed by atoms with Crippen LogP contribution < -0.4 is 4.90 Å². The second-order valence-corrected chi connectivity index (χ2v) is 11.9. The predicted molar refractivity (Wildman–Crippen MR) is 146 cm³/mol. The number of fused-ring (bicyclic) bond motifs is 1. The maximum absolute atomic E-state index is 15.2. The average molecular weight is 521 g/mol. The number of aryl methyl sites for hydroxylation is 1. The first-order valence-corrected chi connectivity index (χ1v) is 13.8. The first-order chi connectivity index (χ1) is 17.7. The minimum atomic E-state index is -0.445. The van der Waals surface area contributed by atoms with E-state index in [-0.39, 0.29) is 35.3 Å². The zero-order valence-corrected chi connectivity index (χ0v) is 22.6. The smallest absolute Gasteiger partial charge is 0.242 e. The van der Waals surface area contributed by atoms with Gasteiger partial charge in [-0.2, -0.15) is 5.10 Å². The Bertz CT molecular complexity index is 1340. The molecule has 8 heteroatoms. The van der Waals surface area contributed by atoms with Gasteiger partial charge in [-0.05, 0) is 37.5 Å². The minimum Gasteiger partial charge on any atom is -0.341 e. The number of rotatable bonds is 4. The molecule has 0 saturated carbocycles. The van der Waals surface area contributed by atoms with Gasteiger partial charge in [-0.1, -0.05) is 57.2 Å². The van der Waals surface area contributed by atoms with Gasteiger partial charge in [0.15, 0.2) is 0 Å². The van der Waals surface area contributed by atoms with Crippen molar-refractivity contribution in [3.05, 3.63) is 76.7 Å². The molecule has 2 amide bonds. The Labute approximate surface area is 221 Å². The van der Waals surface area contributed by atoms with E-state index in [0.29, 0.717) is 24.5 Å². The van der Waals surface area contributed by atoms with Gasteiger partial charge in [-0.25, -0.2) is 9.07 Å². The number of aromatic nitrogens is 2. The average Bonchev–Trinajstić information content (AvgIpc) is 3.50. The highest BCUT2D eigenvalue weighted by Crippen LogP contribution is 2.49. The molecular weight excluding hydrogens is 487 g/mol. The van der Waals surface area contributed by atoms with Crippen LogP contribution in [0.1, 0.15) is 61.2 Å². The van der Waals surface area contributed by atoms with Crippen LogP contribution in [0.3, 0.4) is 0 Å². The molecule has 1 saturated heterocycles. The van der Waals surface area contributed by atoms with E-state index in [4.69, 9.17) is 5.10 Å². The van der Waals surface area contributed by atoms with E-state index < -0.39 is 5.25 Å². The third-order valence-corrected chi connectivity index (χ3v) is 8.32. The van der Waals surface area contributed by atoms with Gasteiger partial charge in [0.25, 0.3) is 0 Å². The lowest BCUT2D eigenvalue weighted by Gasteiger charge is -2.26. The molecule has 1 fully saturated rings. The van der Waals surface area contributed by atoms with Crippen molar-refractivity contribution in [2.75, 3.05) is 30.3 Å². The molecule has 0 aliphatic carbocycles. The fourth-order valence-electron chi connectivity index (χ4n) is 5.18. The van der Waals surface area contributed by atoms with Crippen molar-refractivity contribution in [1.29, 1.82) is 0 Å². The highest BCUT2D eigenvalue weighted by atomic mass is 32.2. The normalized spacial score (nSPS) is 18.2.